The molecule has 3 aromatic carbocycles. The van der Waals surface area contributed by atoms with Crippen LogP contribution in [0.1, 0.15) is 59.1 Å². The average molecular weight is 525 g/mol. The molecule has 3 aromatic rings. The molecule has 0 unspecified atom stereocenters. The first-order valence-corrected chi connectivity index (χ1v) is 12.5. The van der Waals surface area contributed by atoms with E-state index in [4.69, 9.17) is 23.2 Å². The van der Waals surface area contributed by atoms with Gasteiger partial charge in [-0.1, -0.05) is 65.7 Å². The Morgan fingerprint density at radius 3 is 2.11 bits per heavy atom. The van der Waals surface area contributed by atoms with Gasteiger partial charge in [0.2, 0.25) is 5.91 Å². The molecule has 6 nitrogen and oxygen atoms in total. The van der Waals surface area contributed by atoms with Crippen LogP contribution in [-0.4, -0.2) is 22.9 Å². The lowest BCUT2D eigenvalue weighted by Crippen LogP contribution is -2.38. The van der Waals surface area contributed by atoms with E-state index in [1.54, 1.807) is 36.4 Å². The number of carbonyl (C=O) groups is 3. The zero-order chi connectivity index (χ0) is 25.7. The minimum absolute atomic E-state index is 0.212. The van der Waals surface area contributed by atoms with Crippen LogP contribution in [0.5, 0.6) is 0 Å². The maximum Gasteiger partial charge on any atom is 0.330 e. The predicted octanol–water partition coefficient (Wildman–Crippen LogP) is 6.46. The number of halogens is 2. The highest BCUT2D eigenvalue weighted by molar-refractivity contribution is 6.42. The van der Waals surface area contributed by atoms with Gasteiger partial charge in [-0.2, -0.15) is 0 Å². The van der Waals surface area contributed by atoms with E-state index in [1.165, 1.54) is 6.07 Å². The van der Waals surface area contributed by atoms with E-state index in [0.717, 1.165) is 18.4 Å². The number of carbonyl (C=O) groups excluding carboxylic acids is 2. The lowest BCUT2D eigenvalue weighted by atomic mass is 9.78. The highest BCUT2D eigenvalue weighted by atomic mass is 35.5. The molecule has 1 aliphatic carbocycles. The predicted molar refractivity (Wildman–Crippen MR) is 141 cm³/mol. The molecule has 186 valence electrons. The van der Waals surface area contributed by atoms with Crippen molar-refractivity contribution in [3.63, 3.8) is 0 Å². The van der Waals surface area contributed by atoms with Crippen molar-refractivity contribution >= 4 is 46.7 Å². The molecule has 0 bridgehead atoms. The van der Waals surface area contributed by atoms with E-state index < -0.39 is 12.0 Å². The van der Waals surface area contributed by atoms with Crippen molar-refractivity contribution in [2.24, 2.45) is 5.92 Å². The molecule has 3 N–H and O–H groups in total. The van der Waals surface area contributed by atoms with E-state index >= 15 is 0 Å². The minimum atomic E-state index is -1.07. The molecule has 0 aliphatic heterocycles. The summed E-state index contributed by atoms with van der Waals surface area (Å²) in [5.74, 6) is -1.47. The number of nitrogens with one attached hydrogen (secondary N) is 2. The van der Waals surface area contributed by atoms with E-state index in [2.05, 4.69) is 10.6 Å². The Kier molecular flexibility index (Phi) is 8.28. The van der Waals surface area contributed by atoms with Gasteiger partial charge in [0.25, 0.3) is 5.91 Å². The molecule has 1 fully saturated rings. The molecule has 1 saturated carbocycles. The molecule has 0 radical (unpaired) electrons. The molecule has 4 rings (SSSR count). The maximum atomic E-state index is 12.8. The third-order valence-electron chi connectivity index (χ3n) is 6.59. The molecule has 8 heteroatoms. The van der Waals surface area contributed by atoms with Crippen LogP contribution < -0.4 is 10.6 Å². The summed E-state index contributed by atoms with van der Waals surface area (Å²) >= 11 is 11.9. The Hall–Kier alpha value is -3.35. The molecule has 0 spiro atoms. The molecule has 36 heavy (non-hydrogen) atoms. The van der Waals surface area contributed by atoms with Gasteiger partial charge in [0.15, 0.2) is 6.04 Å². The number of carboxylic acid groups (broad SMARTS) is 1. The number of rotatable bonds is 7. The van der Waals surface area contributed by atoms with Gasteiger partial charge in [-0.15, -0.1) is 0 Å². The number of hydrogen-bond donors (Lipinski definition) is 3. The van der Waals surface area contributed by atoms with Crippen LogP contribution in [0.15, 0.2) is 72.8 Å². The maximum absolute atomic E-state index is 12.8. The smallest absolute Gasteiger partial charge is 0.330 e. The fourth-order valence-corrected chi connectivity index (χ4v) is 4.86. The molecular formula is C28H26Cl2N2O4. The second kappa shape index (κ2) is 11.6. The van der Waals surface area contributed by atoms with Crippen LogP contribution in [0, 0.1) is 5.92 Å². The summed E-state index contributed by atoms with van der Waals surface area (Å²) in [6.45, 7) is 0. The van der Waals surface area contributed by atoms with Gasteiger partial charge in [0.1, 0.15) is 0 Å². The standard InChI is InChI=1S/C28H26Cl2N2O4/c29-23-15-12-21(16-24(23)30)27(34)31-22-13-10-18(11-14-22)17-6-8-20(9-7-17)26(33)32-25(28(35)36)19-4-2-1-3-5-19/h1-5,10-17,20,25H,6-9H2,(H,31,34)(H,32,33)(H,35,36)/t17-,20-,25-/m0/s1. The summed E-state index contributed by atoms with van der Waals surface area (Å²) < 4.78 is 0. The van der Waals surface area contributed by atoms with E-state index in [9.17, 15) is 19.5 Å². The van der Waals surface area contributed by atoms with Gasteiger partial charge >= 0.3 is 5.97 Å². The lowest BCUT2D eigenvalue weighted by Gasteiger charge is -2.29. The first-order chi connectivity index (χ1) is 17.3. The fourth-order valence-electron chi connectivity index (χ4n) is 4.56. The van der Waals surface area contributed by atoms with Crippen molar-refractivity contribution in [2.75, 3.05) is 5.32 Å². The van der Waals surface area contributed by atoms with Gasteiger partial charge in [0, 0.05) is 17.2 Å². The molecule has 1 aliphatic rings. The first kappa shape index (κ1) is 25.7. The van der Waals surface area contributed by atoms with E-state index in [0.29, 0.717) is 45.6 Å². The number of amides is 2. The number of carboxylic acids is 1. The molecule has 0 saturated heterocycles. The highest BCUT2D eigenvalue weighted by Gasteiger charge is 2.30. The number of benzene rings is 3. The summed E-state index contributed by atoms with van der Waals surface area (Å²) in [6, 6.07) is 20.1. The average Bonchev–Trinajstić information content (AvgIpc) is 2.89. The summed E-state index contributed by atoms with van der Waals surface area (Å²) in [7, 11) is 0. The SMILES string of the molecule is O=C(Nc1ccc([C@H]2CC[C@H](C(=O)N[C@H](C(=O)O)c3ccccc3)CC2)cc1)c1ccc(Cl)c(Cl)c1. The molecule has 0 aromatic heterocycles. The van der Waals surface area contributed by atoms with Crippen molar-refractivity contribution in [3.8, 4) is 0 Å². The molecule has 1 atom stereocenters. The van der Waals surface area contributed by atoms with Crippen LogP contribution in [0.4, 0.5) is 5.69 Å². The van der Waals surface area contributed by atoms with Gasteiger partial charge < -0.3 is 15.7 Å². The van der Waals surface area contributed by atoms with Crippen molar-refractivity contribution in [2.45, 2.75) is 37.6 Å². The van der Waals surface area contributed by atoms with Crippen molar-refractivity contribution in [1.82, 2.24) is 5.32 Å². The van der Waals surface area contributed by atoms with Gasteiger partial charge in [-0.3, -0.25) is 9.59 Å². The Morgan fingerprint density at radius 2 is 1.50 bits per heavy atom. The Balaban J connectivity index is 1.31. The van der Waals surface area contributed by atoms with Crippen LogP contribution in [0.25, 0.3) is 0 Å². The Bertz CT molecular complexity index is 1240. The number of hydrogen-bond acceptors (Lipinski definition) is 3. The van der Waals surface area contributed by atoms with Crippen LogP contribution in [-0.2, 0) is 9.59 Å². The summed E-state index contributed by atoms with van der Waals surface area (Å²) in [6.07, 6.45) is 3.03. The number of anilines is 1. The van der Waals surface area contributed by atoms with Gasteiger partial charge in [0.05, 0.1) is 10.0 Å². The monoisotopic (exact) mass is 524 g/mol. The Morgan fingerprint density at radius 1 is 0.833 bits per heavy atom. The third kappa shape index (κ3) is 6.25. The van der Waals surface area contributed by atoms with Crippen molar-refractivity contribution in [3.05, 3.63) is 99.5 Å². The fraction of sp³-hybridized carbons (Fsp3) is 0.250. The van der Waals surface area contributed by atoms with Gasteiger partial charge in [-0.25, -0.2) is 4.79 Å². The summed E-state index contributed by atoms with van der Waals surface area (Å²) in [4.78, 5) is 37.0. The summed E-state index contributed by atoms with van der Waals surface area (Å²) in [5.41, 5.74) is 2.79. The molecular weight excluding hydrogens is 499 g/mol. The zero-order valence-corrected chi connectivity index (χ0v) is 20.9. The van der Waals surface area contributed by atoms with Crippen molar-refractivity contribution in [1.29, 1.82) is 0 Å². The third-order valence-corrected chi connectivity index (χ3v) is 7.33. The zero-order valence-electron chi connectivity index (χ0n) is 19.4. The van der Waals surface area contributed by atoms with Crippen LogP contribution in [0.2, 0.25) is 10.0 Å². The van der Waals surface area contributed by atoms with E-state index in [1.807, 2.05) is 30.3 Å². The Labute approximate surface area is 219 Å². The minimum Gasteiger partial charge on any atom is -0.479 e. The molecule has 2 amide bonds. The normalized spacial score (nSPS) is 18.2. The lowest BCUT2D eigenvalue weighted by molar-refractivity contribution is -0.142. The van der Waals surface area contributed by atoms with Crippen LogP contribution in [0.3, 0.4) is 0 Å². The van der Waals surface area contributed by atoms with Crippen LogP contribution >= 0.6 is 23.2 Å². The van der Waals surface area contributed by atoms with Crippen molar-refractivity contribution < 1.29 is 19.5 Å². The largest absolute Gasteiger partial charge is 0.479 e. The molecule has 0 heterocycles. The first-order valence-electron chi connectivity index (χ1n) is 11.8. The second-order valence-electron chi connectivity index (χ2n) is 8.94. The summed E-state index contributed by atoms with van der Waals surface area (Å²) in [5, 5.41) is 15.9. The second-order valence-corrected chi connectivity index (χ2v) is 9.76. The highest BCUT2D eigenvalue weighted by Crippen LogP contribution is 2.36. The topological polar surface area (TPSA) is 95.5 Å². The quantitative estimate of drug-likeness (QED) is 0.330. The van der Waals surface area contributed by atoms with E-state index in [-0.39, 0.29) is 17.7 Å². The number of aliphatic carboxylic acids is 1. The van der Waals surface area contributed by atoms with Gasteiger partial charge in [-0.05, 0) is 73.1 Å².